The van der Waals surface area contributed by atoms with Crippen LogP contribution in [0.4, 0.5) is 0 Å². The number of fused-ring (bicyclic) bond motifs is 2. The minimum absolute atomic E-state index is 0.735. The molecule has 0 amide bonds. The molecule has 0 saturated carbocycles. The number of rotatable bonds is 10. The summed E-state index contributed by atoms with van der Waals surface area (Å²) >= 11 is 3.41. The van der Waals surface area contributed by atoms with Crippen LogP contribution in [0.3, 0.4) is 0 Å². The molecule has 0 bridgehead atoms. The predicted octanol–water partition coefficient (Wildman–Crippen LogP) is 4.45. The Hall–Kier alpha value is -2.20. The number of imidazole rings is 2. The molecule has 0 fully saturated rings. The fraction of sp³-hybridized carbons (Fsp3) is 0.474. The van der Waals surface area contributed by atoms with Crippen molar-refractivity contribution in [1.29, 1.82) is 0 Å². The molecule has 0 aliphatic carbocycles. The van der Waals surface area contributed by atoms with E-state index in [0.717, 1.165) is 43.9 Å². The van der Waals surface area contributed by atoms with Crippen molar-refractivity contribution < 1.29 is 0 Å². The van der Waals surface area contributed by atoms with Gasteiger partial charge in [-0.1, -0.05) is 39.5 Å². The number of hydrogen-bond donors (Lipinski definition) is 0. The molecule has 0 aromatic carbocycles. The zero-order valence-corrected chi connectivity index (χ0v) is 18.3. The summed E-state index contributed by atoms with van der Waals surface area (Å²) in [5.74, 6) is 1.97. The van der Waals surface area contributed by atoms with Gasteiger partial charge in [-0.15, -0.1) is 23.5 Å². The lowest BCUT2D eigenvalue weighted by molar-refractivity contribution is 0.659. The van der Waals surface area contributed by atoms with E-state index in [0.29, 0.717) is 0 Å². The zero-order chi connectivity index (χ0) is 20.1. The van der Waals surface area contributed by atoms with Crippen molar-refractivity contribution in [3.05, 3.63) is 25.3 Å². The van der Waals surface area contributed by atoms with Gasteiger partial charge in [0.25, 0.3) is 0 Å². The number of thioether (sulfide) groups is 2. The third kappa shape index (κ3) is 4.23. The number of nitrogens with zero attached hydrogens (tertiary/aromatic N) is 8. The van der Waals surface area contributed by atoms with Gasteiger partial charge in [-0.05, 0) is 17.9 Å². The van der Waals surface area contributed by atoms with Crippen LogP contribution in [0, 0.1) is 0 Å². The highest BCUT2D eigenvalue weighted by molar-refractivity contribution is 7.99. The van der Waals surface area contributed by atoms with E-state index in [-0.39, 0.29) is 0 Å². The lowest BCUT2D eigenvalue weighted by Gasteiger charge is -2.06. The molecule has 0 radical (unpaired) electrons. The molecule has 0 atom stereocenters. The average molecular weight is 429 g/mol. The monoisotopic (exact) mass is 428 g/mol. The van der Waals surface area contributed by atoms with Crippen molar-refractivity contribution in [1.82, 2.24) is 39.3 Å². The smallest absolute Gasteiger partial charge is 0.184 e. The van der Waals surface area contributed by atoms with E-state index in [1.807, 2.05) is 9.35 Å². The van der Waals surface area contributed by atoms with E-state index < -0.39 is 0 Å². The second kappa shape index (κ2) is 9.53. The van der Waals surface area contributed by atoms with Crippen molar-refractivity contribution in [2.24, 2.45) is 0 Å². The van der Waals surface area contributed by atoms with Gasteiger partial charge in [-0.25, -0.2) is 39.3 Å². The van der Waals surface area contributed by atoms with E-state index in [4.69, 9.17) is 0 Å². The molecule has 152 valence electrons. The van der Waals surface area contributed by atoms with Gasteiger partial charge in [0.2, 0.25) is 0 Å². The Morgan fingerprint density at radius 1 is 0.690 bits per heavy atom. The first-order valence-electron chi connectivity index (χ1n) is 9.95. The fourth-order valence-electron chi connectivity index (χ4n) is 3.14. The van der Waals surface area contributed by atoms with Gasteiger partial charge in [0.1, 0.15) is 46.4 Å². The van der Waals surface area contributed by atoms with E-state index in [2.05, 4.69) is 43.8 Å². The average Bonchev–Trinajstić information content (AvgIpc) is 3.35. The summed E-state index contributed by atoms with van der Waals surface area (Å²) in [6.45, 7) is 4.33. The highest BCUT2D eigenvalue weighted by Gasteiger charge is 2.16. The van der Waals surface area contributed by atoms with Crippen LogP contribution in [0.25, 0.3) is 22.3 Å². The van der Waals surface area contributed by atoms with Crippen LogP contribution >= 0.6 is 23.5 Å². The minimum atomic E-state index is 0.735. The molecule has 4 rings (SSSR count). The van der Waals surface area contributed by atoms with Gasteiger partial charge >= 0.3 is 0 Å². The summed E-state index contributed by atoms with van der Waals surface area (Å²) in [5.41, 5.74) is 3.08. The van der Waals surface area contributed by atoms with Crippen LogP contribution in [0.2, 0.25) is 0 Å². The lowest BCUT2D eigenvalue weighted by atomic mass is 10.2. The maximum atomic E-state index is 4.59. The second-order valence-electron chi connectivity index (χ2n) is 6.58. The van der Waals surface area contributed by atoms with Gasteiger partial charge in [0.05, 0.1) is 0 Å². The van der Waals surface area contributed by atoms with E-state index in [1.165, 1.54) is 32.1 Å². The molecule has 29 heavy (non-hydrogen) atoms. The molecule has 8 nitrogen and oxygen atoms in total. The topological polar surface area (TPSA) is 87.2 Å². The predicted molar refractivity (Wildman–Crippen MR) is 117 cm³/mol. The van der Waals surface area contributed by atoms with Crippen LogP contribution in [-0.4, -0.2) is 50.8 Å². The first kappa shape index (κ1) is 20.1. The van der Waals surface area contributed by atoms with Gasteiger partial charge in [0, 0.05) is 0 Å². The maximum Gasteiger partial charge on any atom is 0.184 e. The Morgan fingerprint density at radius 2 is 1.28 bits per heavy atom. The summed E-state index contributed by atoms with van der Waals surface area (Å²) in [5, 5.41) is 1.81. The molecule has 10 heteroatoms. The summed E-state index contributed by atoms with van der Waals surface area (Å²) in [6, 6.07) is 0. The van der Waals surface area contributed by atoms with Crippen molar-refractivity contribution >= 4 is 45.9 Å². The molecule has 0 saturated heterocycles. The van der Waals surface area contributed by atoms with Gasteiger partial charge < -0.3 is 0 Å². The van der Waals surface area contributed by atoms with Crippen LogP contribution in [0.15, 0.2) is 35.4 Å². The van der Waals surface area contributed by atoms with Crippen molar-refractivity contribution in [2.75, 3.05) is 11.5 Å². The van der Waals surface area contributed by atoms with Crippen molar-refractivity contribution in [3.63, 3.8) is 0 Å². The summed E-state index contributed by atoms with van der Waals surface area (Å²) in [6.07, 6.45) is 13.0. The van der Waals surface area contributed by atoms with Crippen LogP contribution < -0.4 is 0 Å². The molecule has 0 aliphatic heterocycles. The summed E-state index contributed by atoms with van der Waals surface area (Å²) < 4.78 is 3.73. The summed E-state index contributed by atoms with van der Waals surface area (Å²) in [7, 11) is 0. The fourth-order valence-corrected chi connectivity index (χ4v) is 4.76. The lowest BCUT2D eigenvalue weighted by Crippen LogP contribution is -2.08. The Labute approximate surface area is 178 Å². The second-order valence-corrected chi connectivity index (χ2v) is 8.91. The first-order valence-corrected chi connectivity index (χ1v) is 11.9. The van der Waals surface area contributed by atoms with E-state index in [1.54, 1.807) is 48.8 Å². The maximum absolute atomic E-state index is 4.59. The minimum Gasteiger partial charge on any atom is -0.230 e. The van der Waals surface area contributed by atoms with Gasteiger partial charge in [0.15, 0.2) is 11.3 Å². The molecule has 0 spiro atoms. The Kier molecular flexibility index (Phi) is 6.60. The Morgan fingerprint density at radius 3 is 1.86 bits per heavy atom. The first-order chi connectivity index (χ1) is 14.3. The molecular formula is C19H24N8S2. The van der Waals surface area contributed by atoms with E-state index in [9.17, 15) is 0 Å². The summed E-state index contributed by atoms with van der Waals surface area (Å²) in [4.78, 5) is 26.8. The molecule has 0 aliphatic rings. The quantitative estimate of drug-likeness (QED) is 0.208. The van der Waals surface area contributed by atoms with Crippen molar-refractivity contribution in [2.45, 2.75) is 56.0 Å². The number of hydrogen-bond acceptors (Lipinski definition) is 8. The van der Waals surface area contributed by atoms with Crippen LogP contribution in [-0.2, 0) is 0 Å². The number of aromatic nitrogens is 8. The highest BCUT2D eigenvalue weighted by atomic mass is 32.2. The van der Waals surface area contributed by atoms with Crippen LogP contribution in [0.1, 0.15) is 46.0 Å². The largest absolute Gasteiger partial charge is 0.230 e. The zero-order valence-electron chi connectivity index (χ0n) is 16.7. The third-order valence-corrected chi connectivity index (χ3v) is 6.49. The standard InChI is InChI=1S/C19H24N8S2/c1-3-5-6-7-8-9-29-19-15-17(21-11-23-19)27(13-25-15)26-12-24-14-16(26)20-10-22-18(14)28-4-2/h10-13H,3-9H2,1-2H3. The molecule has 0 N–H and O–H groups in total. The highest BCUT2D eigenvalue weighted by Crippen LogP contribution is 2.26. The van der Waals surface area contributed by atoms with Crippen molar-refractivity contribution in [3.8, 4) is 0 Å². The molecule has 4 aromatic heterocycles. The van der Waals surface area contributed by atoms with Gasteiger partial charge in [-0.2, -0.15) is 0 Å². The normalized spacial score (nSPS) is 11.7. The Bertz CT molecular complexity index is 1090. The number of unbranched alkanes of at least 4 members (excludes halogenated alkanes) is 4. The molecule has 0 unspecified atom stereocenters. The molecule has 4 aromatic rings. The van der Waals surface area contributed by atoms with Gasteiger partial charge in [-0.3, -0.25) is 0 Å². The third-order valence-electron chi connectivity index (χ3n) is 4.57. The SMILES string of the molecule is CCCCCCCSc1ncnc2c1ncn2-n1cnc2c(SCC)ncnc21. The molecular weight excluding hydrogens is 404 g/mol. The molecule has 4 heterocycles. The van der Waals surface area contributed by atoms with Crippen LogP contribution in [0.5, 0.6) is 0 Å². The Balaban J connectivity index is 1.60. The van der Waals surface area contributed by atoms with E-state index >= 15 is 0 Å².